The van der Waals surface area contributed by atoms with Crippen LogP contribution < -0.4 is 21.7 Å². The minimum absolute atomic E-state index is 0.322. The number of anilines is 5. The molecule has 4 aromatic rings. The first-order chi connectivity index (χ1) is 16.8. The van der Waals surface area contributed by atoms with Crippen molar-refractivity contribution in [3.8, 4) is 0 Å². The number of benzene rings is 2. The van der Waals surface area contributed by atoms with Crippen LogP contribution in [-0.2, 0) is 0 Å². The van der Waals surface area contributed by atoms with Gasteiger partial charge in [-0.05, 0) is 52.0 Å². The number of rotatable bonds is 6. The quantitative estimate of drug-likeness (QED) is 0.233. The van der Waals surface area contributed by atoms with Gasteiger partial charge in [-0.2, -0.15) is 0 Å². The largest absolute Gasteiger partial charge is 0.399 e. The van der Waals surface area contributed by atoms with Crippen molar-refractivity contribution >= 4 is 40.4 Å². The number of nitrogens with two attached hydrogens (primary N) is 1. The molecule has 0 radical (unpaired) electrons. The summed E-state index contributed by atoms with van der Waals surface area (Å²) in [4.78, 5) is 16.5. The Morgan fingerprint density at radius 1 is 0.629 bits per heavy atom. The highest BCUT2D eigenvalue weighted by atomic mass is 35.5. The topological polar surface area (TPSA) is 114 Å². The zero-order valence-corrected chi connectivity index (χ0v) is 21.2. The molecule has 2 aromatic carbocycles. The summed E-state index contributed by atoms with van der Waals surface area (Å²) in [6, 6.07) is 20.1. The van der Waals surface area contributed by atoms with E-state index in [1.54, 1.807) is 24.8 Å². The summed E-state index contributed by atoms with van der Waals surface area (Å²) in [5.41, 5.74) is 7.18. The first-order valence-electron chi connectivity index (χ1n) is 11.3. The van der Waals surface area contributed by atoms with E-state index >= 15 is 0 Å². The first-order valence-corrected chi connectivity index (χ1v) is 11.7. The summed E-state index contributed by atoms with van der Waals surface area (Å²) < 4.78 is 0. The second kappa shape index (κ2) is 15.1. The molecule has 35 heavy (non-hydrogen) atoms. The van der Waals surface area contributed by atoms with E-state index in [1.807, 2.05) is 74.5 Å². The smallest absolute Gasteiger partial charge is 0.173 e. The normalized spacial score (nSPS) is 9.91. The maximum Gasteiger partial charge on any atom is 0.173 e. The van der Waals surface area contributed by atoms with Gasteiger partial charge in [0, 0.05) is 48.2 Å². The number of nitrogen functional groups attached to an aromatic ring is 1. The van der Waals surface area contributed by atoms with Gasteiger partial charge in [0.1, 0.15) is 0 Å². The molecule has 5 N–H and O–H groups in total. The molecule has 0 bridgehead atoms. The van der Waals surface area contributed by atoms with Crippen LogP contribution in [0.2, 0.25) is 5.15 Å². The summed E-state index contributed by atoms with van der Waals surface area (Å²) in [7, 11) is 0. The van der Waals surface area contributed by atoms with Gasteiger partial charge in [-0.15, -0.1) is 0 Å². The summed E-state index contributed by atoms with van der Waals surface area (Å²) >= 11 is 5.73. The van der Waals surface area contributed by atoms with Gasteiger partial charge < -0.3 is 21.7 Å². The van der Waals surface area contributed by atoms with Crippen molar-refractivity contribution in [2.45, 2.75) is 39.8 Å². The van der Waals surface area contributed by atoms with Crippen molar-refractivity contribution in [2.75, 3.05) is 21.7 Å². The molecule has 0 aliphatic heterocycles. The summed E-state index contributed by atoms with van der Waals surface area (Å²) in [5.74, 6) is 2.16. The number of hydrogen-bond donors (Lipinski definition) is 4. The molecule has 0 unspecified atom stereocenters. The lowest BCUT2D eigenvalue weighted by Crippen LogP contribution is -2.13. The molecule has 9 heteroatoms. The molecule has 0 atom stereocenters. The third-order valence-electron chi connectivity index (χ3n) is 4.04. The van der Waals surface area contributed by atoms with Crippen molar-refractivity contribution < 1.29 is 0 Å². The molecule has 0 aliphatic carbocycles. The summed E-state index contributed by atoms with van der Waals surface area (Å²) in [6.45, 7) is 8.18. The van der Waals surface area contributed by atoms with Crippen molar-refractivity contribution in [1.82, 2.24) is 19.9 Å². The molecule has 0 fully saturated rings. The van der Waals surface area contributed by atoms with Crippen molar-refractivity contribution in [3.05, 3.63) is 90.6 Å². The van der Waals surface area contributed by atoms with Crippen LogP contribution in [0, 0.1) is 0 Å². The molecule has 0 amide bonds. The van der Waals surface area contributed by atoms with E-state index in [2.05, 4.69) is 49.7 Å². The van der Waals surface area contributed by atoms with E-state index < -0.39 is 0 Å². The van der Waals surface area contributed by atoms with Crippen molar-refractivity contribution in [2.24, 2.45) is 0 Å². The van der Waals surface area contributed by atoms with Crippen LogP contribution in [-0.4, -0.2) is 32.0 Å². The third-order valence-corrected chi connectivity index (χ3v) is 4.32. The SMILES string of the molecule is CC(C)Nc1nccnc1Cl.CC(C)Nc1nccnc1Nc1ccccc1.Nc1ccccc1. The van der Waals surface area contributed by atoms with Gasteiger partial charge in [0.05, 0.1) is 0 Å². The minimum Gasteiger partial charge on any atom is -0.399 e. The monoisotopic (exact) mass is 492 g/mol. The third kappa shape index (κ3) is 11.2. The van der Waals surface area contributed by atoms with Crippen LogP contribution in [0.3, 0.4) is 0 Å². The Morgan fingerprint density at radius 2 is 1.09 bits per heavy atom. The Bertz CT molecular complexity index is 1110. The highest BCUT2D eigenvalue weighted by molar-refractivity contribution is 6.31. The van der Waals surface area contributed by atoms with Gasteiger partial charge in [-0.1, -0.05) is 48.0 Å². The van der Waals surface area contributed by atoms with Gasteiger partial charge in [-0.3, -0.25) is 0 Å². The highest BCUT2D eigenvalue weighted by Gasteiger charge is 2.06. The van der Waals surface area contributed by atoms with Crippen molar-refractivity contribution in [1.29, 1.82) is 0 Å². The maximum atomic E-state index is 5.73. The van der Waals surface area contributed by atoms with Crippen molar-refractivity contribution in [3.63, 3.8) is 0 Å². The van der Waals surface area contributed by atoms with Gasteiger partial charge in [-0.25, -0.2) is 19.9 Å². The molecule has 0 saturated heterocycles. The van der Waals surface area contributed by atoms with Gasteiger partial charge >= 0.3 is 0 Å². The van der Waals surface area contributed by atoms with E-state index in [1.165, 1.54) is 0 Å². The minimum atomic E-state index is 0.322. The molecule has 8 nitrogen and oxygen atoms in total. The molecule has 2 heterocycles. The molecule has 0 spiro atoms. The molecule has 4 rings (SSSR count). The lowest BCUT2D eigenvalue weighted by molar-refractivity contribution is 0.886. The predicted molar refractivity (Wildman–Crippen MR) is 147 cm³/mol. The lowest BCUT2D eigenvalue weighted by Gasteiger charge is -2.13. The Hall–Kier alpha value is -3.91. The second-order valence-corrected chi connectivity index (χ2v) is 8.31. The van der Waals surface area contributed by atoms with E-state index in [9.17, 15) is 0 Å². The van der Waals surface area contributed by atoms with E-state index in [-0.39, 0.29) is 0 Å². The lowest BCUT2D eigenvalue weighted by atomic mass is 10.3. The zero-order valence-electron chi connectivity index (χ0n) is 20.5. The van der Waals surface area contributed by atoms with Crippen LogP contribution >= 0.6 is 11.6 Å². The summed E-state index contributed by atoms with van der Waals surface area (Å²) in [5, 5.41) is 9.98. The Labute approximate surface area is 212 Å². The molecule has 0 saturated carbocycles. The van der Waals surface area contributed by atoms with Gasteiger partial charge in [0.15, 0.2) is 22.6 Å². The van der Waals surface area contributed by atoms with E-state index in [4.69, 9.17) is 17.3 Å². The standard InChI is InChI=1S/C13H16N4.C7H10ClN3.C6H7N/c1-10(2)16-12-13(15-9-8-14-12)17-11-6-4-3-5-7-11;1-5(2)11-7-6(8)9-3-4-10-7;7-6-4-2-1-3-5-6/h3-10H,1-2H3,(H,14,16)(H,15,17);3-5H,1-2H3,(H,10,11);1-5H,7H2. The fourth-order valence-corrected chi connectivity index (χ4v) is 2.77. The molecule has 0 aliphatic rings. The Kier molecular flexibility index (Phi) is 11.8. The highest BCUT2D eigenvalue weighted by Crippen LogP contribution is 2.20. The maximum absolute atomic E-state index is 5.73. The van der Waals surface area contributed by atoms with Crippen LogP contribution in [0.4, 0.5) is 28.8 Å². The second-order valence-electron chi connectivity index (χ2n) is 7.95. The van der Waals surface area contributed by atoms with Crippen LogP contribution in [0.15, 0.2) is 85.5 Å². The van der Waals surface area contributed by atoms with E-state index in [0.717, 1.165) is 23.0 Å². The van der Waals surface area contributed by atoms with Crippen LogP contribution in [0.1, 0.15) is 27.7 Å². The number of para-hydroxylation sites is 2. The number of nitrogens with zero attached hydrogens (tertiary/aromatic N) is 4. The van der Waals surface area contributed by atoms with Gasteiger partial charge in [0.2, 0.25) is 0 Å². The average Bonchev–Trinajstić information content (AvgIpc) is 2.83. The number of halogens is 1. The van der Waals surface area contributed by atoms with E-state index in [0.29, 0.717) is 23.1 Å². The number of nitrogens with one attached hydrogen (secondary N) is 3. The molecule has 184 valence electrons. The predicted octanol–water partition coefficient (Wildman–Crippen LogP) is 6.26. The summed E-state index contributed by atoms with van der Waals surface area (Å²) in [6.07, 6.45) is 6.53. The van der Waals surface area contributed by atoms with Crippen LogP contribution in [0.5, 0.6) is 0 Å². The Balaban J connectivity index is 0.000000205. The molecule has 2 aromatic heterocycles. The fourth-order valence-electron chi connectivity index (χ4n) is 2.61. The molecular weight excluding hydrogens is 460 g/mol. The fraction of sp³-hybridized carbons (Fsp3) is 0.231. The number of aromatic nitrogens is 4. The molecular formula is C26H33ClN8. The zero-order chi connectivity index (χ0) is 25.5. The number of hydrogen-bond acceptors (Lipinski definition) is 8. The van der Waals surface area contributed by atoms with Crippen LogP contribution in [0.25, 0.3) is 0 Å². The Morgan fingerprint density at radius 3 is 1.57 bits per heavy atom. The average molecular weight is 493 g/mol. The van der Waals surface area contributed by atoms with Gasteiger partial charge in [0.25, 0.3) is 0 Å². The first kappa shape index (κ1) is 27.3.